The SMILES string of the molecule is CC(C)=CCC/C(C)=C/CC/C(C)=C\CP(=O)(O)OCC(=O)N[C@H](C(=O)N[C@@H](CC(C)C)C(=O)N[C@@H](CO)C(=O)O)C(C)C. The van der Waals surface area contributed by atoms with Crippen molar-refractivity contribution in [3.05, 3.63) is 34.9 Å². The van der Waals surface area contributed by atoms with Crippen molar-refractivity contribution in [3.8, 4) is 0 Å². The molecule has 0 aromatic rings. The molecule has 0 aromatic heterocycles. The van der Waals surface area contributed by atoms with Crippen LogP contribution in [0.1, 0.15) is 87.5 Å². The number of hydrogen-bond acceptors (Lipinski definition) is 7. The van der Waals surface area contributed by atoms with E-state index >= 15 is 0 Å². The molecule has 0 radical (unpaired) electrons. The standard InChI is InChI=1S/C31H54N3O9P/c1-20(2)11-9-12-23(7)13-10-14-24(8)15-16-44(41,42)43-19-27(36)34-28(22(5)6)30(38)32-25(17-21(3)4)29(37)33-26(18-35)31(39)40/h11,13,15,21-22,25-26,28,35H,9-10,12,14,16-19H2,1-8H3,(H,32,38)(H,33,37)(H,34,36)(H,39,40)(H,41,42)/b23-13+,24-15-/t25-,26-,28-/m0/s1. The zero-order valence-corrected chi connectivity index (χ0v) is 28.4. The fourth-order valence-corrected chi connectivity index (χ4v) is 4.96. The number of nitrogens with one attached hydrogen (secondary N) is 3. The van der Waals surface area contributed by atoms with E-state index < -0.39 is 68.5 Å². The second-order valence-electron chi connectivity index (χ2n) is 12.1. The van der Waals surface area contributed by atoms with Crippen molar-refractivity contribution in [1.82, 2.24) is 16.0 Å². The number of carboxylic acids is 1. The number of aliphatic carboxylic acids is 1. The van der Waals surface area contributed by atoms with E-state index in [1.165, 1.54) is 11.1 Å². The zero-order chi connectivity index (χ0) is 34.0. The summed E-state index contributed by atoms with van der Waals surface area (Å²) >= 11 is 0. The van der Waals surface area contributed by atoms with Crippen LogP contribution in [0.2, 0.25) is 0 Å². The number of allylic oxidation sites excluding steroid dienone is 6. The van der Waals surface area contributed by atoms with Gasteiger partial charge in [0.1, 0.15) is 24.7 Å². The summed E-state index contributed by atoms with van der Waals surface area (Å²) in [6.07, 6.45) is 9.41. The molecule has 0 aliphatic rings. The molecule has 0 heterocycles. The summed E-state index contributed by atoms with van der Waals surface area (Å²) in [5, 5.41) is 25.6. The average molecular weight is 644 g/mol. The number of carbonyl (C=O) groups is 4. The van der Waals surface area contributed by atoms with E-state index in [0.29, 0.717) is 0 Å². The van der Waals surface area contributed by atoms with E-state index in [1.54, 1.807) is 19.9 Å². The minimum absolute atomic E-state index is 0.0569. The molecule has 4 atom stereocenters. The van der Waals surface area contributed by atoms with Gasteiger partial charge in [0.15, 0.2) is 0 Å². The first kappa shape index (κ1) is 41.2. The van der Waals surface area contributed by atoms with Crippen molar-refractivity contribution >= 4 is 31.3 Å². The lowest BCUT2D eigenvalue weighted by Crippen LogP contribution is -2.57. The van der Waals surface area contributed by atoms with Crippen molar-refractivity contribution in [3.63, 3.8) is 0 Å². The van der Waals surface area contributed by atoms with Gasteiger partial charge in [0, 0.05) is 0 Å². The molecule has 0 spiro atoms. The summed E-state index contributed by atoms with van der Waals surface area (Å²) in [6.45, 7) is 13.5. The molecule has 0 rings (SSSR count). The number of aliphatic hydroxyl groups excluding tert-OH is 1. The average Bonchev–Trinajstić information content (AvgIpc) is 2.91. The lowest BCUT2D eigenvalue weighted by Gasteiger charge is -2.26. The van der Waals surface area contributed by atoms with Crippen LogP contribution in [0.25, 0.3) is 0 Å². The number of rotatable bonds is 21. The Morgan fingerprint density at radius 1 is 0.818 bits per heavy atom. The minimum atomic E-state index is -4.12. The molecule has 0 saturated carbocycles. The fourth-order valence-electron chi connectivity index (χ4n) is 3.99. The predicted molar refractivity (Wildman–Crippen MR) is 171 cm³/mol. The number of amides is 3. The molecule has 252 valence electrons. The second kappa shape index (κ2) is 21.0. The van der Waals surface area contributed by atoms with Crippen molar-refractivity contribution in [2.24, 2.45) is 11.8 Å². The Morgan fingerprint density at radius 3 is 1.86 bits per heavy atom. The van der Waals surface area contributed by atoms with Gasteiger partial charge in [-0.15, -0.1) is 0 Å². The lowest BCUT2D eigenvalue weighted by atomic mass is 9.99. The summed E-state index contributed by atoms with van der Waals surface area (Å²) in [4.78, 5) is 59.8. The van der Waals surface area contributed by atoms with Gasteiger partial charge in [-0.1, -0.05) is 62.6 Å². The van der Waals surface area contributed by atoms with Gasteiger partial charge in [-0.3, -0.25) is 23.5 Å². The Bertz CT molecular complexity index is 1090. The van der Waals surface area contributed by atoms with Crippen LogP contribution in [0, 0.1) is 11.8 Å². The third kappa shape index (κ3) is 18.8. The zero-order valence-electron chi connectivity index (χ0n) is 27.5. The molecule has 3 amide bonds. The minimum Gasteiger partial charge on any atom is -0.480 e. The largest absolute Gasteiger partial charge is 0.480 e. The molecule has 0 aromatic carbocycles. The smallest absolute Gasteiger partial charge is 0.332 e. The Hall–Kier alpha value is -2.79. The highest BCUT2D eigenvalue weighted by atomic mass is 31.2. The quantitative estimate of drug-likeness (QED) is 0.0797. The van der Waals surface area contributed by atoms with Crippen LogP contribution in [-0.2, 0) is 28.3 Å². The van der Waals surface area contributed by atoms with Crippen LogP contribution in [0.3, 0.4) is 0 Å². The normalized spacial score (nSPS) is 15.6. The van der Waals surface area contributed by atoms with Gasteiger partial charge in [0.2, 0.25) is 17.7 Å². The number of hydrogen-bond donors (Lipinski definition) is 6. The van der Waals surface area contributed by atoms with E-state index in [2.05, 4.69) is 48.9 Å². The highest BCUT2D eigenvalue weighted by Crippen LogP contribution is 2.42. The fraction of sp³-hybridized carbons (Fsp3) is 0.677. The predicted octanol–water partition coefficient (Wildman–Crippen LogP) is 3.84. The third-order valence-corrected chi connectivity index (χ3v) is 7.77. The first-order chi connectivity index (χ1) is 20.4. The molecule has 0 bridgehead atoms. The Kier molecular flexibility index (Phi) is 19.7. The van der Waals surface area contributed by atoms with Crippen molar-refractivity contribution in [2.75, 3.05) is 19.4 Å². The number of carbonyl (C=O) groups excluding carboxylic acids is 3. The topological polar surface area (TPSA) is 191 Å². The van der Waals surface area contributed by atoms with E-state index in [1.807, 2.05) is 20.8 Å². The van der Waals surface area contributed by atoms with Crippen LogP contribution >= 0.6 is 7.60 Å². The highest BCUT2D eigenvalue weighted by Gasteiger charge is 2.31. The Balaban J connectivity index is 5.09. The van der Waals surface area contributed by atoms with Crippen LogP contribution in [-0.4, -0.2) is 76.3 Å². The highest BCUT2D eigenvalue weighted by molar-refractivity contribution is 7.53. The van der Waals surface area contributed by atoms with Crippen molar-refractivity contribution in [1.29, 1.82) is 0 Å². The molecule has 0 aliphatic carbocycles. The lowest BCUT2D eigenvalue weighted by molar-refractivity contribution is -0.143. The van der Waals surface area contributed by atoms with E-state index in [-0.39, 0.29) is 18.5 Å². The van der Waals surface area contributed by atoms with Crippen LogP contribution in [0.15, 0.2) is 34.9 Å². The molecule has 0 fully saturated rings. The van der Waals surface area contributed by atoms with Gasteiger partial charge in [0.05, 0.1) is 12.8 Å². The second-order valence-corrected chi connectivity index (χ2v) is 14.0. The van der Waals surface area contributed by atoms with E-state index in [9.17, 15) is 33.7 Å². The van der Waals surface area contributed by atoms with Gasteiger partial charge in [0.25, 0.3) is 0 Å². The van der Waals surface area contributed by atoms with Gasteiger partial charge in [-0.2, -0.15) is 0 Å². The molecule has 0 saturated heterocycles. The summed E-state index contributed by atoms with van der Waals surface area (Å²) in [5.74, 6) is -4.19. The van der Waals surface area contributed by atoms with Gasteiger partial charge in [-0.25, -0.2) is 4.79 Å². The molecule has 13 heteroatoms. The maximum atomic E-state index is 13.1. The summed E-state index contributed by atoms with van der Waals surface area (Å²) in [6, 6.07) is -3.77. The molecule has 0 aliphatic heterocycles. The molecule has 12 nitrogen and oxygen atoms in total. The van der Waals surface area contributed by atoms with Crippen molar-refractivity contribution in [2.45, 2.75) is 106 Å². The van der Waals surface area contributed by atoms with Crippen LogP contribution in [0.4, 0.5) is 0 Å². The molecular formula is C31H54N3O9P. The first-order valence-electron chi connectivity index (χ1n) is 15.0. The summed E-state index contributed by atoms with van der Waals surface area (Å²) < 4.78 is 17.5. The number of aliphatic hydroxyl groups is 1. The summed E-state index contributed by atoms with van der Waals surface area (Å²) in [5.41, 5.74) is 3.50. The Morgan fingerprint density at radius 2 is 1.36 bits per heavy atom. The molecule has 44 heavy (non-hydrogen) atoms. The third-order valence-electron chi connectivity index (χ3n) is 6.59. The summed E-state index contributed by atoms with van der Waals surface area (Å²) in [7, 11) is -4.12. The maximum absolute atomic E-state index is 13.1. The van der Waals surface area contributed by atoms with E-state index in [0.717, 1.165) is 31.3 Å². The Labute approximate surface area is 262 Å². The van der Waals surface area contributed by atoms with Crippen LogP contribution in [0.5, 0.6) is 0 Å². The molecule has 6 N–H and O–H groups in total. The van der Waals surface area contributed by atoms with Gasteiger partial charge in [-0.05, 0) is 71.6 Å². The van der Waals surface area contributed by atoms with Gasteiger partial charge < -0.3 is 31.1 Å². The maximum Gasteiger partial charge on any atom is 0.332 e. The molecule has 1 unspecified atom stereocenters. The van der Waals surface area contributed by atoms with Crippen LogP contribution < -0.4 is 16.0 Å². The van der Waals surface area contributed by atoms with Gasteiger partial charge >= 0.3 is 13.6 Å². The first-order valence-corrected chi connectivity index (χ1v) is 16.8. The monoisotopic (exact) mass is 643 g/mol. The number of carboxylic acid groups (broad SMARTS) is 1. The van der Waals surface area contributed by atoms with Crippen molar-refractivity contribution < 1.29 is 43.4 Å². The molecular weight excluding hydrogens is 589 g/mol. The van der Waals surface area contributed by atoms with E-state index in [4.69, 9.17) is 9.63 Å².